The lowest BCUT2D eigenvalue weighted by molar-refractivity contribution is -0.0296. The van der Waals surface area contributed by atoms with Crippen molar-refractivity contribution in [1.82, 2.24) is 19.9 Å². The Kier molecular flexibility index (Phi) is 3.96. The molecule has 1 fully saturated rings. The molecule has 1 unspecified atom stereocenters. The Balaban J connectivity index is 2.02. The lowest BCUT2D eigenvalue weighted by Crippen LogP contribution is -2.42. The maximum Gasteiger partial charge on any atom is 0.169 e. The standard InChI is InChI=1S/C11H21N5O/c1-3-4-10-11(12)13-14-16(10)8-9-7-15(2)5-6-17-9/h9H,3-8,12H2,1-2H3. The van der Waals surface area contributed by atoms with Gasteiger partial charge in [-0.05, 0) is 13.5 Å². The van der Waals surface area contributed by atoms with Gasteiger partial charge in [0.15, 0.2) is 5.82 Å². The Hall–Kier alpha value is -1.14. The number of nitrogens with two attached hydrogens (primary N) is 1. The van der Waals surface area contributed by atoms with Gasteiger partial charge in [0.05, 0.1) is 24.9 Å². The molecule has 17 heavy (non-hydrogen) atoms. The molecule has 2 heterocycles. The average Bonchev–Trinajstić information content (AvgIpc) is 2.62. The van der Waals surface area contributed by atoms with Crippen molar-refractivity contribution in [1.29, 1.82) is 0 Å². The maximum atomic E-state index is 5.81. The van der Waals surface area contributed by atoms with Gasteiger partial charge >= 0.3 is 0 Å². The van der Waals surface area contributed by atoms with Gasteiger partial charge in [0.1, 0.15) is 0 Å². The van der Waals surface area contributed by atoms with Crippen molar-refractivity contribution in [2.75, 3.05) is 32.5 Å². The van der Waals surface area contributed by atoms with Gasteiger partial charge in [-0.1, -0.05) is 18.6 Å². The molecule has 0 amide bonds. The average molecular weight is 239 g/mol. The second kappa shape index (κ2) is 5.46. The van der Waals surface area contributed by atoms with Gasteiger partial charge in [-0.2, -0.15) is 0 Å². The van der Waals surface area contributed by atoms with E-state index in [4.69, 9.17) is 10.5 Å². The molecule has 6 heteroatoms. The summed E-state index contributed by atoms with van der Waals surface area (Å²) >= 11 is 0. The zero-order valence-electron chi connectivity index (χ0n) is 10.6. The lowest BCUT2D eigenvalue weighted by atomic mass is 10.2. The topological polar surface area (TPSA) is 69.2 Å². The summed E-state index contributed by atoms with van der Waals surface area (Å²) in [6.45, 7) is 5.59. The number of hydrogen-bond acceptors (Lipinski definition) is 5. The van der Waals surface area contributed by atoms with E-state index in [1.807, 2.05) is 4.68 Å². The van der Waals surface area contributed by atoms with E-state index in [-0.39, 0.29) is 6.10 Å². The van der Waals surface area contributed by atoms with Crippen LogP contribution in [0.1, 0.15) is 19.0 Å². The summed E-state index contributed by atoms with van der Waals surface area (Å²) in [5.74, 6) is 0.552. The molecule has 0 saturated carbocycles. The number of anilines is 1. The van der Waals surface area contributed by atoms with Crippen LogP contribution in [0.25, 0.3) is 0 Å². The van der Waals surface area contributed by atoms with E-state index in [1.54, 1.807) is 0 Å². The van der Waals surface area contributed by atoms with Gasteiger partial charge in [-0.3, -0.25) is 0 Å². The van der Waals surface area contributed by atoms with Crippen LogP contribution >= 0.6 is 0 Å². The van der Waals surface area contributed by atoms with Gasteiger partial charge in [0.25, 0.3) is 0 Å². The van der Waals surface area contributed by atoms with Gasteiger partial charge in [-0.25, -0.2) is 4.68 Å². The third-order valence-electron chi connectivity index (χ3n) is 3.07. The van der Waals surface area contributed by atoms with Crippen LogP contribution in [0.5, 0.6) is 0 Å². The summed E-state index contributed by atoms with van der Waals surface area (Å²) in [5.41, 5.74) is 6.85. The molecule has 0 aliphatic carbocycles. The Bertz CT molecular complexity index is 365. The Labute approximate surface area is 102 Å². The number of likely N-dealkylation sites (N-methyl/N-ethyl adjacent to an activating group) is 1. The molecular formula is C11H21N5O. The highest BCUT2D eigenvalue weighted by atomic mass is 16.5. The first kappa shape index (κ1) is 12.3. The molecule has 0 radical (unpaired) electrons. The van der Waals surface area contributed by atoms with Crippen molar-refractivity contribution in [3.05, 3.63) is 5.69 Å². The van der Waals surface area contributed by atoms with Crippen molar-refractivity contribution < 1.29 is 4.74 Å². The van der Waals surface area contributed by atoms with Gasteiger partial charge in [0, 0.05) is 13.1 Å². The molecule has 0 bridgehead atoms. The Morgan fingerprint density at radius 3 is 3.06 bits per heavy atom. The first-order valence-corrected chi connectivity index (χ1v) is 6.18. The lowest BCUT2D eigenvalue weighted by Gasteiger charge is -2.30. The third kappa shape index (κ3) is 2.95. The SMILES string of the molecule is CCCc1c(N)nnn1CC1CN(C)CCO1. The van der Waals surface area contributed by atoms with E-state index in [0.717, 1.165) is 44.8 Å². The molecule has 1 aromatic rings. The minimum Gasteiger partial charge on any atom is -0.381 e. The van der Waals surface area contributed by atoms with Crippen LogP contribution in [0.2, 0.25) is 0 Å². The Morgan fingerprint density at radius 1 is 1.53 bits per heavy atom. The quantitative estimate of drug-likeness (QED) is 0.809. The molecule has 0 aromatic carbocycles. The van der Waals surface area contributed by atoms with E-state index in [1.165, 1.54) is 0 Å². The summed E-state index contributed by atoms with van der Waals surface area (Å²) in [5, 5.41) is 8.04. The predicted octanol–water partition coefficient (Wildman–Crippen LogP) is 0.143. The van der Waals surface area contributed by atoms with Crippen LogP contribution in [-0.2, 0) is 17.7 Å². The van der Waals surface area contributed by atoms with Gasteiger partial charge in [0.2, 0.25) is 0 Å². The normalized spacial score (nSPS) is 21.9. The molecule has 1 aliphatic rings. The van der Waals surface area contributed by atoms with Crippen LogP contribution in [0.4, 0.5) is 5.82 Å². The zero-order valence-corrected chi connectivity index (χ0v) is 10.6. The van der Waals surface area contributed by atoms with Crippen molar-refractivity contribution in [2.45, 2.75) is 32.4 Å². The van der Waals surface area contributed by atoms with Crippen LogP contribution < -0.4 is 5.73 Å². The molecule has 6 nitrogen and oxygen atoms in total. The fourth-order valence-electron chi connectivity index (χ4n) is 2.16. The smallest absolute Gasteiger partial charge is 0.169 e. The van der Waals surface area contributed by atoms with Crippen molar-refractivity contribution in [2.24, 2.45) is 0 Å². The van der Waals surface area contributed by atoms with Crippen LogP contribution in [0.3, 0.4) is 0 Å². The molecule has 1 saturated heterocycles. The number of nitrogen functional groups attached to an aromatic ring is 1. The fourth-order valence-corrected chi connectivity index (χ4v) is 2.16. The minimum absolute atomic E-state index is 0.186. The predicted molar refractivity (Wildman–Crippen MR) is 65.7 cm³/mol. The van der Waals surface area contributed by atoms with Crippen molar-refractivity contribution in [3.63, 3.8) is 0 Å². The summed E-state index contributed by atoms with van der Waals surface area (Å²) in [4.78, 5) is 2.27. The molecule has 1 aromatic heterocycles. The van der Waals surface area contributed by atoms with Crippen LogP contribution in [-0.4, -0.2) is 52.7 Å². The summed E-state index contributed by atoms with van der Waals surface area (Å²) < 4.78 is 7.62. The van der Waals surface area contributed by atoms with Crippen molar-refractivity contribution >= 4 is 5.82 Å². The van der Waals surface area contributed by atoms with E-state index < -0.39 is 0 Å². The second-order valence-electron chi connectivity index (χ2n) is 4.61. The number of ether oxygens (including phenoxy) is 1. The molecule has 2 rings (SSSR count). The number of nitrogens with zero attached hydrogens (tertiary/aromatic N) is 4. The first-order valence-electron chi connectivity index (χ1n) is 6.18. The summed E-state index contributed by atoms with van der Waals surface area (Å²) in [6.07, 6.45) is 2.15. The van der Waals surface area contributed by atoms with Crippen LogP contribution in [0.15, 0.2) is 0 Å². The number of aromatic nitrogens is 3. The molecule has 2 N–H and O–H groups in total. The number of hydrogen-bond donors (Lipinski definition) is 1. The van der Waals surface area contributed by atoms with E-state index in [2.05, 4.69) is 29.2 Å². The molecule has 96 valence electrons. The van der Waals surface area contributed by atoms with E-state index in [9.17, 15) is 0 Å². The monoisotopic (exact) mass is 239 g/mol. The number of rotatable bonds is 4. The highest BCUT2D eigenvalue weighted by Gasteiger charge is 2.20. The maximum absolute atomic E-state index is 5.81. The molecule has 0 spiro atoms. The van der Waals surface area contributed by atoms with Gasteiger partial charge in [-0.15, -0.1) is 5.10 Å². The highest BCUT2D eigenvalue weighted by molar-refractivity contribution is 5.32. The molecule has 1 aliphatic heterocycles. The highest BCUT2D eigenvalue weighted by Crippen LogP contribution is 2.13. The van der Waals surface area contributed by atoms with E-state index >= 15 is 0 Å². The second-order valence-corrected chi connectivity index (χ2v) is 4.61. The van der Waals surface area contributed by atoms with Crippen LogP contribution in [0, 0.1) is 0 Å². The number of morpholine rings is 1. The molecular weight excluding hydrogens is 218 g/mol. The summed E-state index contributed by atoms with van der Waals surface area (Å²) in [6, 6.07) is 0. The third-order valence-corrected chi connectivity index (χ3v) is 3.07. The summed E-state index contributed by atoms with van der Waals surface area (Å²) in [7, 11) is 2.11. The largest absolute Gasteiger partial charge is 0.381 e. The van der Waals surface area contributed by atoms with E-state index in [0.29, 0.717) is 5.82 Å². The van der Waals surface area contributed by atoms with Gasteiger partial charge < -0.3 is 15.4 Å². The minimum atomic E-state index is 0.186. The fraction of sp³-hybridized carbons (Fsp3) is 0.818. The zero-order chi connectivity index (χ0) is 12.3. The Morgan fingerprint density at radius 2 is 2.35 bits per heavy atom. The first-order chi connectivity index (χ1) is 8.20. The molecule has 1 atom stereocenters. The van der Waals surface area contributed by atoms with Crippen molar-refractivity contribution in [3.8, 4) is 0 Å².